The van der Waals surface area contributed by atoms with Crippen molar-refractivity contribution < 1.29 is 28.5 Å². The van der Waals surface area contributed by atoms with Gasteiger partial charge in [0, 0.05) is 12.0 Å². The van der Waals surface area contributed by atoms with E-state index in [0.29, 0.717) is 12.9 Å². The zero-order chi connectivity index (χ0) is 38.2. The lowest BCUT2D eigenvalue weighted by Gasteiger charge is -2.30. The first-order valence-electron chi connectivity index (χ1n) is 21.9. The van der Waals surface area contributed by atoms with Crippen LogP contribution in [0.4, 0.5) is 0 Å². The minimum atomic E-state index is -0.276. The van der Waals surface area contributed by atoms with Crippen LogP contribution in [0.2, 0.25) is 0 Å². The van der Waals surface area contributed by atoms with Gasteiger partial charge in [0.15, 0.2) is 6.29 Å². The average Bonchev–Trinajstić information content (AvgIpc) is 3.17. The van der Waals surface area contributed by atoms with Gasteiger partial charge in [0.25, 0.3) is 6.47 Å². The molecular weight excluding hydrogens is 649 g/mol. The van der Waals surface area contributed by atoms with Gasteiger partial charge in [0.1, 0.15) is 0 Å². The van der Waals surface area contributed by atoms with Crippen LogP contribution in [0.5, 0.6) is 0 Å². The summed E-state index contributed by atoms with van der Waals surface area (Å²) in [5.74, 6) is -0.0809. The Hall–Kier alpha value is -1.92. The fourth-order valence-corrected chi connectivity index (χ4v) is 6.79. The van der Waals surface area contributed by atoms with Crippen LogP contribution in [-0.2, 0) is 28.5 Å². The highest BCUT2D eigenvalue weighted by atomic mass is 16.7. The first-order valence-corrected chi connectivity index (χ1v) is 21.9. The van der Waals surface area contributed by atoms with Gasteiger partial charge in [-0.2, -0.15) is 0 Å². The lowest BCUT2D eigenvalue weighted by molar-refractivity contribution is -0.205. The Morgan fingerprint density at radius 1 is 0.519 bits per heavy atom. The summed E-state index contributed by atoms with van der Waals surface area (Å²) in [6.45, 7) is 7.26. The molecule has 304 valence electrons. The molecule has 1 rings (SSSR count). The Bertz CT molecular complexity index is 862. The maximum absolute atomic E-state index is 11.3. The number of carbonyl (C=O) groups excluding carboxylic acids is 2. The first kappa shape index (κ1) is 50.1. The van der Waals surface area contributed by atoms with E-state index < -0.39 is 0 Å². The quantitative estimate of drug-likeness (QED) is 0.0293. The predicted octanol–water partition coefficient (Wildman–Crippen LogP) is 14.2. The van der Waals surface area contributed by atoms with Crippen LogP contribution >= 0.6 is 0 Å². The second kappa shape index (κ2) is 40.3. The molecule has 0 fully saturated rings. The summed E-state index contributed by atoms with van der Waals surface area (Å²) in [6, 6.07) is 10.8. The molecule has 0 spiro atoms. The van der Waals surface area contributed by atoms with E-state index in [1.54, 1.807) is 0 Å². The molecule has 0 radical (unpaired) electrons. The average molecular weight is 733 g/mol. The molecule has 52 heavy (non-hydrogen) atoms. The van der Waals surface area contributed by atoms with Crippen LogP contribution in [0.3, 0.4) is 0 Å². The molecule has 0 aliphatic heterocycles. The highest BCUT2D eigenvalue weighted by Crippen LogP contribution is 2.30. The van der Waals surface area contributed by atoms with Gasteiger partial charge in [-0.1, -0.05) is 205 Å². The molecule has 0 aliphatic rings. The molecule has 0 bridgehead atoms. The highest BCUT2D eigenvalue weighted by Gasteiger charge is 2.23. The number of methoxy groups -OCH3 is 2. The molecule has 3 atom stereocenters. The Morgan fingerprint density at radius 2 is 0.846 bits per heavy atom. The number of esters is 1. The van der Waals surface area contributed by atoms with E-state index in [1.807, 2.05) is 0 Å². The van der Waals surface area contributed by atoms with Crippen molar-refractivity contribution in [2.24, 2.45) is 0 Å². The van der Waals surface area contributed by atoms with Crippen LogP contribution in [0, 0.1) is 0 Å². The van der Waals surface area contributed by atoms with E-state index in [9.17, 15) is 4.79 Å². The molecule has 1 aromatic rings. The summed E-state index contributed by atoms with van der Waals surface area (Å²) in [5.41, 5.74) is 1.17. The SMILES string of the molecule is CCCCCCCCCCCC(CCCCCC)OC(OC(CCCCCC)CCCCCCCCCCC(=O)OC)c1ccccc1.COC=O. The number of hydrogen-bond acceptors (Lipinski definition) is 6. The van der Waals surface area contributed by atoms with Crippen molar-refractivity contribution in [1.29, 1.82) is 0 Å². The van der Waals surface area contributed by atoms with E-state index in [2.05, 4.69) is 55.8 Å². The van der Waals surface area contributed by atoms with Crippen LogP contribution in [0.1, 0.15) is 225 Å². The number of unbranched alkanes of at least 4 members (excludes halogenated alkanes) is 21. The van der Waals surface area contributed by atoms with Gasteiger partial charge in [-0.15, -0.1) is 0 Å². The molecule has 0 saturated carbocycles. The van der Waals surface area contributed by atoms with E-state index in [4.69, 9.17) is 19.0 Å². The minimum Gasteiger partial charge on any atom is -0.471 e. The number of rotatable bonds is 37. The molecule has 6 heteroatoms. The molecule has 0 N–H and O–H groups in total. The molecule has 3 unspecified atom stereocenters. The van der Waals surface area contributed by atoms with Gasteiger partial charge in [-0.05, 0) is 32.1 Å². The minimum absolute atomic E-state index is 0.0809. The molecule has 0 aromatic heterocycles. The number of ether oxygens (including phenoxy) is 4. The van der Waals surface area contributed by atoms with Gasteiger partial charge >= 0.3 is 5.97 Å². The monoisotopic (exact) mass is 733 g/mol. The maximum Gasteiger partial charge on any atom is 0.305 e. The highest BCUT2D eigenvalue weighted by molar-refractivity contribution is 5.68. The normalized spacial score (nSPS) is 12.8. The van der Waals surface area contributed by atoms with Gasteiger partial charge in [-0.3, -0.25) is 9.59 Å². The van der Waals surface area contributed by atoms with Crippen LogP contribution in [0.25, 0.3) is 0 Å². The summed E-state index contributed by atoms with van der Waals surface area (Å²) in [4.78, 5) is 20.3. The molecule has 6 nitrogen and oxygen atoms in total. The predicted molar refractivity (Wildman–Crippen MR) is 220 cm³/mol. The summed E-state index contributed by atoms with van der Waals surface area (Å²) in [5, 5.41) is 0. The van der Waals surface area contributed by atoms with E-state index in [-0.39, 0.29) is 24.5 Å². The third-order valence-electron chi connectivity index (χ3n) is 10.1. The zero-order valence-corrected chi connectivity index (χ0v) is 34.9. The molecular formula is C46H84O6. The van der Waals surface area contributed by atoms with Crippen LogP contribution in [-0.4, -0.2) is 38.9 Å². The standard InChI is InChI=1S/C44H80O4.C2H4O2/c1-5-8-11-14-15-16-19-22-30-37-41(35-28-12-9-6-2)47-44(40-33-26-25-27-34-40)48-42(36-29-13-10-7-3)38-31-23-20-17-18-21-24-32-39-43(45)46-4;1-4-2-3/h25-27,33-34,41-42,44H,5-24,28-32,35-39H2,1-4H3;2H,1H3. The molecule has 0 aliphatic carbocycles. The van der Waals surface area contributed by atoms with E-state index in [0.717, 1.165) is 38.5 Å². The van der Waals surface area contributed by atoms with Crippen LogP contribution < -0.4 is 0 Å². The Kier molecular flexibility index (Phi) is 38.8. The van der Waals surface area contributed by atoms with Crippen molar-refractivity contribution in [2.45, 2.75) is 232 Å². The Balaban J connectivity index is 0.00000615. The number of hydrogen-bond donors (Lipinski definition) is 0. The van der Waals surface area contributed by atoms with Crippen molar-refractivity contribution in [3.05, 3.63) is 35.9 Å². The molecule has 0 heterocycles. The molecule has 0 amide bonds. The van der Waals surface area contributed by atoms with Crippen molar-refractivity contribution >= 4 is 12.4 Å². The fraction of sp³-hybridized carbons (Fsp3) is 0.826. The maximum atomic E-state index is 11.3. The summed E-state index contributed by atoms with van der Waals surface area (Å²) < 4.78 is 22.6. The van der Waals surface area contributed by atoms with E-state index in [1.165, 1.54) is 167 Å². The summed E-state index contributed by atoms with van der Waals surface area (Å²) >= 11 is 0. The number of benzene rings is 1. The molecule has 0 saturated heterocycles. The lowest BCUT2D eigenvalue weighted by atomic mass is 10.0. The van der Waals surface area contributed by atoms with Crippen molar-refractivity contribution in [1.82, 2.24) is 0 Å². The smallest absolute Gasteiger partial charge is 0.305 e. The second-order valence-electron chi connectivity index (χ2n) is 14.8. The first-order chi connectivity index (χ1) is 25.6. The summed E-state index contributed by atoms with van der Waals surface area (Å²) in [6.07, 6.45) is 37.5. The lowest BCUT2D eigenvalue weighted by Crippen LogP contribution is -2.24. The van der Waals surface area contributed by atoms with E-state index >= 15 is 0 Å². The van der Waals surface area contributed by atoms with Gasteiger partial charge in [-0.25, -0.2) is 0 Å². The topological polar surface area (TPSA) is 71.1 Å². The zero-order valence-electron chi connectivity index (χ0n) is 34.9. The molecule has 1 aromatic carbocycles. The van der Waals surface area contributed by atoms with Gasteiger partial charge in [0.2, 0.25) is 0 Å². The largest absolute Gasteiger partial charge is 0.471 e. The second-order valence-corrected chi connectivity index (χ2v) is 14.8. The van der Waals surface area contributed by atoms with Crippen molar-refractivity contribution in [3.63, 3.8) is 0 Å². The van der Waals surface area contributed by atoms with Crippen molar-refractivity contribution in [2.75, 3.05) is 14.2 Å². The van der Waals surface area contributed by atoms with Gasteiger partial charge < -0.3 is 18.9 Å². The third-order valence-corrected chi connectivity index (χ3v) is 10.1. The number of carbonyl (C=O) groups is 2. The third kappa shape index (κ3) is 32.7. The fourth-order valence-electron chi connectivity index (χ4n) is 6.79. The Morgan fingerprint density at radius 3 is 1.19 bits per heavy atom. The summed E-state index contributed by atoms with van der Waals surface area (Å²) in [7, 11) is 2.79. The Labute approximate surface area is 322 Å². The van der Waals surface area contributed by atoms with Crippen LogP contribution in [0.15, 0.2) is 30.3 Å². The van der Waals surface area contributed by atoms with Crippen molar-refractivity contribution in [3.8, 4) is 0 Å². The van der Waals surface area contributed by atoms with Gasteiger partial charge in [0.05, 0.1) is 26.4 Å².